The highest BCUT2D eigenvalue weighted by Gasteiger charge is 2.09. The van der Waals surface area contributed by atoms with Gasteiger partial charge < -0.3 is 15.0 Å². The van der Waals surface area contributed by atoms with Crippen LogP contribution < -0.4 is 5.32 Å². The van der Waals surface area contributed by atoms with E-state index in [1.54, 1.807) is 7.11 Å². The van der Waals surface area contributed by atoms with E-state index in [0.29, 0.717) is 6.61 Å². The van der Waals surface area contributed by atoms with Crippen molar-refractivity contribution in [1.29, 1.82) is 0 Å². The van der Waals surface area contributed by atoms with Gasteiger partial charge in [0.1, 0.15) is 0 Å². The summed E-state index contributed by atoms with van der Waals surface area (Å²) in [6.07, 6.45) is 2.39. The fraction of sp³-hybridized carbons (Fsp3) is 0.909. The maximum absolute atomic E-state index is 5.34. The zero-order valence-corrected chi connectivity index (χ0v) is 11.2. The van der Waals surface area contributed by atoms with Crippen molar-refractivity contribution in [2.24, 2.45) is 0 Å². The summed E-state index contributed by atoms with van der Waals surface area (Å²) in [5.74, 6) is 0. The molecule has 1 unspecified atom stereocenters. The molecule has 0 aliphatic heterocycles. The zero-order valence-electron chi connectivity index (χ0n) is 10.4. The van der Waals surface area contributed by atoms with Gasteiger partial charge in [0, 0.05) is 26.2 Å². The van der Waals surface area contributed by atoms with Gasteiger partial charge in [0.2, 0.25) is 0 Å². The second-order valence-electron chi connectivity index (χ2n) is 3.74. The fourth-order valence-electron chi connectivity index (χ4n) is 1.35. The van der Waals surface area contributed by atoms with Crippen molar-refractivity contribution in [2.45, 2.75) is 39.7 Å². The monoisotopic (exact) mass is 232 g/mol. The average Bonchev–Trinajstić information content (AvgIpc) is 2.19. The van der Waals surface area contributed by atoms with Gasteiger partial charge in [-0.1, -0.05) is 13.3 Å². The Hall–Kier alpha value is -0.350. The number of unbranched alkanes of at least 4 members (excludes halogenated alkanes) is 1. The predicted molar refractivity (Wildman–Crippen MR) is 69.2 cm³/mol. The van der Waals surface area contributed by atoms with Gasteiger partial charge in [0.05, 0.1) is 6.61 Å². The molecule has 1 atom stereocenters. The number of methoxy groups -OCH3 is 1. The summed E-state index contributed by atoms with van der Waals surface area (Å²) in [6.45, 7) is 9.08. The lowest BCUT2D eigenvalue weighted by Crippen LogP contribution is -2.45. The Labute approximate surface area is 99.2 Å². The lowest BCUT2D eigenvalue weighted by atomic mass is 10.3. The molecule has 0 aliphatic carbocycles. The first kappa shape index (κ1) is 14.6. The quantitative estimate of drug-likeness (QED) is 0.679. The third-order valence-electron chi connectivity index (χ3n) is 2.24. The number of ether oxygens (including phenoxy) is 1. The lowest BCUT2D eigenvalue weighted by Gasteiger charge is -2.26. The minimum Gasteiger partial charge on any atom is -0.383 e. The van der Waals surface area contributed by atoms with Crippen LogP contribution in [0.15, 0.2) is 0 Å². The van der Waals surface area contributed by atoms with Crippen LogP contribution in [0.1, 0.15) is 33.6 Å². The molecule has 0 amide bonds. The van der Waals surface area contributed by atoms with E-state index in [-0.39, 0.29) is 6.04 Å². The Kier molecular flexibility index (Phi) is 8.71. The van der Waals surface area contributed by atoms with E-state index in [4.69, 9.17) is 17.0 Å². The molecule has 0 radical (unpaired) electrons. The van der Waals surface area contributed by atoms with Crippen molar-refractivity contribution < 1.29 is 4.74 Å². The van der Waals surface area contributed by atoms with Gasteiger partial charge in [0.25, 0.3) is 0 Å². The van der Waals surface area contributed by atoms with Gasteiger partial charge in [-0.25, -0.2) is 0 Å². The molecule has 0 spiro atoms. The highest BCUT2D eigenvalue weighted by Crippen LogP contribution is 1.97. The summed E-state index contributed by atoms with van der Waals surface area (Å²) in [4.78, 5) is 2.20. The molecule has 0 aliphatic rings. The molecule has 4 heteroatoms. The average molecular weight is 232 g/mol. The van der Waals surface area contributed by atoms with Crippen LogP contribution in [-0.4, -0.2) is 42.9 Å². The maximum atomic E-state index is 5.34. The standard InChI is InChI=1S/C11H24N2OS/c1-5-7-8-13(6-2)11(15)12-10(3)9-14-4/h10H,5-9H2,1-4H3,(H,12,15). The van der Waals surface area contributed by atoms with Crippen LogP contribution in [0.25, 0.3) is 0 Å². The summed E-state index contributed by atoms with van der Waals surface area (Å²) in [5.41, 5.74) is 0. The molecule has 0 aromatic carbocycles. The Bertz CT molecular complexity index is 176. The van der Waals surface area contributed by atoms with Gasteiger partial charge in [-0.2, -0.15) is 0 Å². The maximum Gasteiger partial charge on any atom is 0.169 e. The third kappa shape index (κ3) is 6.68. The van der Waals surface area contributed by atoms with Gasteiger partial charge in [-0.05, 0) is 32.5 Å². The fourth-order valence-corrected chi connectivity index (χ4v) is 1.77. The van der Waals surface area contributed by atoms with Crippen molar-refractivity contribution in [3.63, 3.8) is 0 Å². The van der Waals surface area contributed by atoms with Gasteiger partial charge in [-0.15, -0.1) is 0 Å². The van der Waals surface area contributed by atoms with Gasteiger partial charge in [0.15, 0.2) is 5.11 Å². The molecule has 0 rings (SSSR count). The molecule has 0 bridgehead atoms. The highest BCUT2D eigenvalue weighted by atomic mass is 32.1. The van der Waals surface area contributed by atoms with Gasteiger partial charge in [-0.3, -0.25) is 0 Å². The first-order valence-electron chi connectivity index (χ1n) is 5.70. The van der Waals surface area contributed by atoms with Crippen LogP contribution in [0, 0.1) is 0 Å². The third-order valence-corrected chi connectivity index (χ3v) is 2.61. The van der Waals surface area contributed by atoms with E-state index in [1.165, 1.54) is 12.8 Å². The highest BCUT2D eigenvalue weighted by molar-refractivity contribution is 7.80. The van der Waals surface area contributed by atoms with Crippen LogP contribution in [0.5, 0.6) is 0 Å². The van der Waals surface area contributed by atoms with Gasteiger partial charge >= 0.3 is 0 Å². The summed E-state index contributed by atoms with van der Waals surface area (Å²) in [7, 11) is 1.70. The number of nitrogens with one attached hydrogen (secondary N) is 1. The number of hydrogen-bond acceptors (Lipinski definition) is 2. The Morgan fingerprint density at radius 1 is 1.47 bits per heavy atom. The van der Waals surface area contributed by atoms with E-state index >= 15 is 0 Å². The number of thiocarbonyl (C=S) groups is 1. The normalized spacial score (nSPS) is 12.3. The Morgan fingerprint density at radius 3 is 2.60 bits per heavy atom. The van der Waals surface area contributed by atoms with E-state index in [9.17, 15) is 0 Å². The molecule has 90 valence electrons. The van der Waals surface area contributed by atoms with Crippen molar-refractivity contribution in [2.75, 3.05) is 26.8 Å². The topological polar surface area (TPSA) is 24.5 Å². The second-order valence-corrected chi connectivity index (χ2v) is 4.13. The van der Waals surface area contributed by atoms with Crippen LogP contribution in [0.2, 0.25) is 0 Å². The van der Waals surface area contributed by atoms with Crippen LogP contribution >= 0.6 is 12.2 Å². The van der Waals surface area contributed by atoms with Crippen LogP contribution in [-0.2, 0) is 4.74 Å². The van der Waals surface area contributed by atoms with Crippen LogP contribution in [0.3, 0.4) is 0 Å². The first-order chi connectivity index (χ1) is 7.15. The summed E-state index contributed by atoms with van der Waals surface area (Å²) in [6, 6.07) is 0.276. The van der Waals surface area contributed by atoms with Crippen molar-refractivity contribution >= 4 is 17.3 Å². The van der Waals surface area contributed by atoms with Crippen molar-refractivity contribution in [3.8, 4) is 0 Å². The van der Waals surface area contributed by atoms with Crippen molar-refractivity contribution in [1.82, 2.24) is 10.2 Å². The molecule has 1 N–H and O–H groups in total. The summed E-state index contributed by atoms with van der Waals surface area (Å²) < 4.78 is 5.06. The van der Waals surface area contributed by atoms with Crippen molar-refractivity contribution in [3.05, 3.63) is 0 Å². The Morgan fingerprint density at radius 2 is 2.13 bits per heavy atom. The minimum atomic E-state index is 0.276. The van der Waals surface area contributed by atoms with Crippen LogP contribution in [0.4, 0.5) is 0 Å². The molecule has 15 heavy (non-hydrogen) atoms. The molecule has 0 saturated heterocycles. The summed E-state index contributed by atoms with van der Waals surface area (Å²) >= 11 is 5.34. The Balaban J connectivity index is 3.91. The first-order valence-corrected chi connectivity index (χ1v) is 6.10. The minimum absolute atomic E-state index is 0.276. The molecule has 0 aromatic heterocycles. The molecule has 3 nitrogen and oxygen atoms in total. The number of hydrogen-bond donors (Lipinski definition) is 1. The molecule has 0 saturated carbocycles. The lowest BCUT2D eigenvalue weighted by molar-refractivity contribution is 0.178. The zero-order chi connectivity index (χ0) is 11.7. The number of nitrogens with zero attached hydrogens (tertiary/aromatic N) is 1. The molecular weight excluding hydrogens is 208 g/mol. The number of rotatable bonds is 7. The van der Waals surface area contributed by atoms with E-state index in [0.717, 1.165) is 18.2 Å². The summed E-state index contributed by atoms with van der Waals surface area (Å²) in [5, 5.41) is 4.12. The molecule has 0 aromatic rings. The smallest absolute Gasteiger partial charge is 0.169 e. The predicted octanol–water partition coefficient (Wildman–Crippen LogP) is 2.02. The molecular formula is C11H24N2OS. The van der Waals surface area contributed by atoms with E-state index < -0.39 is 0 Å². The molecule has 0 fully saturated rings. The SMILES string of the molecule is CCCCN(CC)C(=S)NC(C)COC. The van der Waals surface area contributed by atoms with E-state index in [1.807, 2.05) is 0 Å². The molecule has 0 heterocycles. The second kappa shape index (κ2) is 8.92. The largest absolute Gasteiger partial charge is 0.383 e. The van der Waals surface area contributed by atoms with E-state index in [2.05, 4.69) is 31.0 Å².